The first-order chi connectivity index (χ1) is 9.69. The van der Waals surface area contributed by atoms with Gasteiger partial charge < -0.3 is 16.4 Å². The topological polar surface area (TPSA) is 87.5 Å². The number of nitrogens with one attached hydrogen (secondary N) is 2. The third kappa shape index (κ3) is 4.04. The van der Waals surface area contributed by atoms with Crippen molar-refractivity contribution in [3.63, 3.8) is 0 Å². The van der Waals surface area contributed by atoms with Gasteiger partial charge in [0.15, 0.2) is 0 Å². The Labute approximate surface area is 118 Å². The number of carbonyl (C=O) groups excluding carboxylic acids is 2. The van der Waals surface area contributed by atoms with Crippen LogP contribution < -0.4 is 16.4 Å². The molecule has 2 amide bonds. The minimum absolute atomic E-state index is 0.0299. The van der Waals surface area contributed by atoms with E-state index in [1.807, 2.05) is 29.2 Å². The van der Waals surface area contributed by atoms with E-state index in [9.17, 15) is 9.59 Å². The van der Waals surface area contributed by atoms with Gasteiger partial charge in [0.25, 0.3) is 0 Å². The Morgan fingerprint density at radius 2 is 2.20 bits per heavy atom. The monoisotopic (exact) mass is 276 g/mol. The summed E-state index contributed by atoms with van der Waals surface area (Å²) < 4.78 is 0. The second-order valence-electron chi connectivity index (χ2n) is 4.82. The number of nitrogens with zero attached hydrogens (tertiary/aromatic N) is 1. The maximum Gasteiger partial charge on any atom is 0.238 e. The summed E-state index contributed by atoms with van der Waals surface area (Å²) >= 11 is 0. The van der Waals surface area contributed by atoms with Gasteiger partial charge in [0.05, 0.1) is 13.1 Å². The first-order valence-electron chi connectivity index (χ1n) is 6.76. The zero-order chi connectivity index (χ0) is 14.4. The highest BCUT2D eigenvalue weighted by Crippen LogP contribution is 2.14. The fourth-order valence-corrected chi connectivity index (χ4v) is 2.22. The van der Waals surface area contributed by atoms with Crippen LogP contribution in [0.2, 0.25) is 0 Å². The Balaban J connectivity index is 1.93. The van der Waals surface area contributed by atoms with E-state index in [0.29, 0.717) is 13.1 Å². The highest BCUT2D eigenvalue weighted by molar-refractivity contribution is 5.93. The number of nitrogens with two attached hydrogens (primary N) is 1. The standard InChI is InChI=1S/C14H20N4O2/c15-8-11-4-1-2-5-12(11)17-14(20)10-18-7-3-6-16-13(19)9-18/h1-2,4-5H,3,6-10,15H2,(H,16,19)(H,17,20). The van der Waals surface area contributed by atoms with Gasteiger partial charge in [-0.3, -0.25) is 14.5 Å². The highest BCUT2D eigenvalue weighted by Gasteiger charge is 2.17. The van der Waals surface area contributed by atoms with Crippen LogP contribution in [-0.4, -0.2) is 42.9 Å². The lowest BCUT2D eigenvalue weighted by Crippen LogP contribution is -2.38. The Hall–Kier alpha value is -1.92. The average Bonchev–Trinajstić information content (AvgIpc) is 2.63. The van der Waals surface area contributed by atoms with E-state index < -0.39 is 0 Å². The van der Waals surface area contributed by atoms with Crippen molar-refractivity contribution in [2.75, 3.05) is 31.5 Å². The predicted molar refractivity (Wildman–Crippen MR) is 77.0 cm³/mol. The summed E-state index contributed by atoms with van der Waals surface area (Å²) in [6, 6.07) is 7.45. The molecule has 4 N–H and O–H groups in total. The van der Waals surface area contributed by atoms with Crippen molar-refractivity contribution in [1.82, 2.24) is 10.2 Å². The van der Waals surface area contributed by atoms with Gasteiger partial charge >= 0.3 is 0 Å². The maximum absolute atomic E-state index is 12.0. The largest absolute Gasteiger partial charge is 0.355 e. The second kappa shape index (κ2) is 7.02. The molecule has 0 spiro atoms. The number of amides is 2. The number of para-hydroxylation sites is 1. The summed E-state index contributed by atoms with van der Waals surface area (Å²) in [4.78, 5) is 25.3. The minimum atomic E-state index is -0.124. The van der Waals surface area contributed by atoms with Crippen molar-refractivity contribution >= 4 is 17.5 Å². The first-order valence-corrected chi connectivity index (χ1v) is 6.76. The molecule has 0 aromatic heterocycles. The van der Waals surface area contributed by atoms with Crippen molar-refractivity contribution in [2.24, 2.45) is 5.73 Å². The zero-order valence-corrected chi connectivity index (χ0v) is 11.4. The fourth-order valence-electron chi connectivity index (χ4n) is 2.22. The summed E-state index contributed by atoms with van der Waals surface area (Å²) in [6.07, 6.45) is 0.860. The molecule has 0 atom stereocenters. The highest BCUT2D eigenvalue weighted by atomic mass is 16.2. The van der Waals surface area contributed by atoms with Crippen molar-refractivity contribution in [3.05, 3.63) is 29.8 Å². The van der Waals surface area contributed by atoms with Crippen LogP contribution in [0.25, 0.3) is 0 Å². The Morgan fingerprint density at radius 1 is 1.40 bits per heavy atom. The normalized spacial score (nSPS) is 16.4. The van der Waals surface area contributed by atoms with Crippen LogP contribution in [-0.2, 0) is 16.1 Å². The second-order valence-corrected chi connectivity index (χ2v) is 4.82. The molecule has 0 saturated carbocycles. The van der Waals surface area contributed by atoms with Crippen molar-refractivity contribution in [2.45, 2.75) is 13.0 Å². The molecule has 1 heterocycles. The zero-order valence-electron chi connectivity index (χ0n) is 11.4. The van der Waals surface area contributed by atoms with E-state index in [1.54, 1.807) is 0 Å². The number of rotatable bonds is 4. The minimum Gasteiger partial charge on any atom is -0.355 e. The number of hydrogen-bond acceptors (Lipinski definition) is 4. The molecule has 0 bridgehead atoms. The first kappa shape index (κ1) is 14.5. The van der Waals surface area contributed by atoms with Crippen molar-refractivity contribution in [3.8, 4) is 0 Å². The molecule has 0 aliphatic carbocycles. The third-order valence-electron chi connectivity index (χ3n) is 3.22. The summed E-state index contributed by atoms with van der Waals surface area (Å²) in [5, 5.41) is 5.64. The summed E-state index contributed by atoms with van der Waals surface area (Å²) in [5.41, 5.74) is 7.27. The lowest BCUT2D eigenvalue weighted by molar-refractivity contribution is -0.122. The lowest BCUT2D eigenvalue weighted by Gasteiger charge is -2.18. The molecule has 0 radical (unpaired) electrons. The molecule has 1 fully saturated rings. The molecule has 1 aliphatic rings. The summed E-state index contributed by atoms with van der Waals surface area (Å²) in [5.74, 6) is -0.154. The number of anilines is 1. The number of carbonyl (C=O) groups is 2. The molecule has 1 aromatic rings. The van der Waals surface area contributed by atoms with Gasteiger partial charge in [0, 0.05) is 25.3 Å². The third-order valence-corrected chi connectivity index (χ3v) is 3.22. The van der Waals surface area contributed by atoms with Gasteiger partial charge in [-0.2, -0.15) is 0 Å². The van der Waals surface area contributed by atoms with Crippen LogP contribution in [0.1, 0.15) is 12.0 Å². The summed E-state index contributed by atoms with van der Waals surface area (Å²) in [6.45, 7) is 2.28. The van der Waals surface area contributed by atoms with Gasteiger partial charge in [0.1, 0.15) is 0 Å². The summed E-state index contributed by atoms with van der Waals surface area (Å²) in [7, 11) is 0. The molecule has 1 aromatic carbocycles. The molecule has 6 nitrogen and oxygen atoms in total. The Bertz CT molecular complexity index is 490. The molecule has 1 aliphatic heterocycles. The van der Waals surface area contributed by atoms with Crippen molar-refractivity contribution in [1.29, 1.82) is 0 Å². The van der Waals surface area contributed by atoms with E-state index in [-0.39, 0.29) is 24.9 Å². The molecule has 2 rings (SSSR count). The smallest absolute Gasteiger partial charge is 0.238 e. The maximum atomic E-state index is 12.0. The van der Waals surface area contributed by atoms with Gasteiger partial charge in [-0.05, 0) is 18.1 Å². The van der Waals surface area contributed by atoms with Crippen LogP contribution in [0.3, 0.4) is 0 Å². The van der Waals surface area contributed by atoms with E-state index in [4.69, 9.17) is 5.73 Å². The number of hydrogen-bond donors (Lipinski definition) is 3. The molecular formula is C14H20N4O2. The molecular weight excluding hydrogens is 256 g/mol. The van der Waals surface area contributed by atoms with Crippen molar-refractivity contribution < 1.29 is 9.59 Å². The Kier molecular flexibility index (Phi) is 5.09. The van der Waals surface area contributed by atoms with Crippen LogP contribution in [0.5, 0.6) is 0 Å². The van der Waals surface area contributed by atoms with Crippen LogP contribution >= 0.6 is 0 Å². The van der Waals surface area contributed by atoms with Gasteiger partial charge in [0.2, 0.25) is 11.8 Å². The van der Waals surface area contributed by atoms with E-state index in [0.717, 1.165) is 24.2 Å². The predicted octanol–water partition coefficient (Wildman–Crippen LogP) is -0.0943. The van der Waals surface area contributed by atoms with Gasteiger partial charge in [-0.25, -0.2) is 0 Å². The van der Waals surface area contributed by atoms with Crippen LogP contribution in [0.15, 0.2) is 24.3 Å². The molecule has 0 unspecified atom stereocenters. The van der Waals surface area contributed by atoms with Crippen LogP contribution in [0.4, 0.5) is 5.69 Å². The SMILES string of the molecule is NCc1ccccc1NC(=O)CN1CCCNC(=O)C1. The van der Waals surface area contributed by atoms with Crippen LogP contribution in [0, 0.1) is 0 Å². The molecule has 6 heteroatoms. The molecule has 108 valence electrons. The quantitative estimate of drug-likeness (QED) is 0.717. The molecule has 20 heavy (non-hydrogen) atoms. The molecule has 1 saturated heterocycles. The lowest BCUT2D eigenvalue weighted by atomic mass is 10.2. The number of benzene rings is 1. The van der Waals surface area contributed by atoms with E-state index in [1.165, 1.54) is 0 Å². The van der Waals surface area contributed by atoms with Gasteiger partial charge in [-0.1, -0.05) is 18.2 Å². The Morgan fingerprint density at radius 3 is 3.00 bits per heavy atom. The van der Waals surface area contributed by atoms with Gasteiger partial charge in [-0.15, -0.1) is 0 Å². The van der Waals surface area contributed by atoms with E-state index in [2.05, 4.69) is 10.6 Å². The van der Waals surface area contributed by atoms with E-state index >= 15 is 0 Å². The average molecular weight is 276 g/mol. The fraction of sp³-hybridized carbons (Fsp3) is 0.429.